The second-order valence-corrected chi connectivity index (χ2v) is 5.29. The van der Waals surface area contributed by atoms with E-state index in [9.17, 15) is 9.59 Å². The number of likely N-dealkylation sites (N-methyl/N-ethyl adjacent to an activating group) is 1. The first-order valence-corrected chi connectivity index (χ1v) is 7.80. The van der Waals surface area contributed by atoms with Gasteiger partial charge in [-0.25, -0.2) is 0 Å². The molecule has 0 aliphatic carbocycles. The molecule has 6 nitrogen and oxygen atoms in total. The van der Waals surface area contributed by atoms with Crippen molar-refractivity contribution in [3.63, 3.8) is 0 Å². The molecule has 1 aromatic carbocycles. The Morgan fingerprint density at radius 1 is 1.17 bits per heavy atom. The predicted octanol–water partition coefficient (Wildman–Crippen LogP) is 2.90. The number of ether oxygens (including phenoxy) is 3. The van der Waals surface area contributed by atoms with Crippen LogP contribution in [-0.4, -0.2) is 44.6 Å². The van der Waals surface area contributed by atoms with Gasteiger partial charge in [0.05, 0.1) is 14.2 Å². The minimum atomic E-state index is -0.470. The van der Waals surface area contributed by atoms with E-state index < -0.39 is 5.97 Å². The van der Waals surface area contributed by atoms with Gasteiger partial charge >= 0.3 is 5.97 Å². The number of carbonyl (C=O) groups is 2. The van der Waals surface area contributed by atoms with Gasteiger partial charge < -0.3 is 19.1 Å². The molecule has 24 heavy (non-hydrogen) atoms. The Morgan fingerprint density at radius 3 is 2.21 bits per heavy atom. The summed E-state index contributed by atoms with van der Waals surface area (Å²) in [4.78, 5) is 24.9. The average Bonchev–Trinajstić information content (AvgIpc) is 2.57. The Hall–Kier alpha value is -2.50. The Balaban J connectivity index is 3.02. The molecule has 0 saturated carbocycles. The highest BCUT2D eigenvalue weighted by atomic mass is 16.6. The van der Waals surface area contributed by atoms with Crippen molar-refractivity contribution >= 4 is 18.0 Å². The summed E-state index contributed by atoms with van der Waals surface area (Å²) in [5.74, 6) is 0.385. The topological polar surface area (TPSA) is 65.1 Å². The van der Waals surface area contributed by atoms with Crippen LogP contribution in [0.15, 0.2) is 18.2 Å². The number of amides is 1. The van der Waals surface area contributed by atoms with Crippen molar-refractivity contribution < 1.29 is 23.8 Å². The highest BCUT2D eigenvalue weighted by molar-refractivity contribution is 5.91. The molecular weight excluding hydrogens is 310 g/mol. The van der Waals surface area contributed by atoms with Crippen LogP contribution in [0, 0.1) is 0 Å². The molecule has 0 N–H and O–H groups in total. The first-order chi connectivity index (χ1) is 11.4. The molecular formula is C18H25NO5. The third kappa shape index (κ3) is 5.61. The van der Waals surface area contributed by atoms with Gasteiger partial charge in [0.2, 0.25) is 11.7 Å². The van der Waals surface area contributed by atoms with E-state index in [1.807, 2.05) is 0 Å². The van der Waals surface area contributed by atoms with Gasteiger partial charge in [-0.2, -0.15) is 0 Å². The Labute approximate surface area is 143 Å². The van der Waals surface area contributed by atoms with Crippen molar-refractivity contribution in [3.05, 3.63) is 23.8 Å². The van der Waals surface area contributed by atoms with Crippen LogP contribution in [0.2, 0.25) is 0 Å². The molecule has 0 radical (unpaired) electrons. The van der Waals surface area contributed by atoms with Gasteiger partial charge in [-0.1, -0.05) is 13.3 Å². The molecule has 0 unspecified atom stereocenters. The van der Waals surface area contributed by atoms with E-state index in [1.165, 1.54) is 27.2 Å². The minimum absolute atomic E-state index is 0.0783. The van der Waals surface area contributed by atoms with Crippen molar-refractivity contribution in [2.45, 2.75) is 26.7 Å². The number of methoxy groups -OCH3 is 2. The minimum Gasteiger partial charge on any atom is -0.493 e. The molecule has 1 rings (SSSR count). The number of esters is 1. The SMILES string of the molecule is CCCCN(C)C(=O)/C=C/c1cc(OC)c(OC(C)=O)c(OC)c1. The Morgan fingerprint density at radius 2 is 1.75 bits per heavy atom. The quantitative estimate of drug-likeness (QED) is 0.415. The monoisotopic (exact) mass is 335 g/mol. The zero-order valence-electron chi connectivity index (χ0n) is 14.9. The lowest BCUT2D eigenvalue weighted by Crippen LogP contribution is -2.25. The van der Waals surface area contributed by atoms with Crippen LogP contribution >= 0.6 is 0 Å². The summed E-state index contributed by atoms with van der Waals surface area (Å²) in [6, 6.07) is 3.35. The van der Waals surface area contributed by atoms with Gasteiger partial charge in [-0.15, -0.1) is 0 Å². The van der Waals surface area contributed by atoms with Crippen molar-refractivity contribution in [2.24, 2.45) is 0 Å². The van der Waals surface area contributed by atoms with Crippen LogP contribution in [-0.2, 0) is 9.59 Å². The zero-order valence-corrected chi connectivity index (χ0v) is 14.9. The van der Waals surface area contributed by atoms with Crippen LogP contribution in [0.3, 0.4) is 0 Å². The molecule has 132 valence electrons. The maximum Gasteiger partial charge on any atom is 0.308 e. The summed E-state index contributed by atoms with van der Waals surface area (Å²) in [6.45, 7) is 4.10. The summed E-state index contributed by atoms with van der Waals surface area (Å²) < 4.78 is 15.6. The Kier molecular flexibility index (Phi) is 7.82. The fourth-order valence-electron chi connectivity index (χ4n) is 2.04. The molecule has 0 heterocycles. The number of nitrogens with zero attached hydrogens (tertiary/aromatic N) is 1. The highest BCUT2D eigenvalue weighted by Gasteiger charge is 2.15. The summed E-state index contributed by atoms with van der Waals surface area (Å²) in [7, 11) is 4.71. The van der Waals surface area contributed by atoms with Crippen LogP contribution in [0.25, 0.3) is 6.08 Å². The number of rotatable bonds is 8. The van der Waals surface area contributed by atoms with E-state index in [0.717, 1.165) is 19.4 Å². The van der Waals surface area contributed by atoms with Crippen LogP contribution in [0.1, 0.15) is 32.3 Å². The van der Waals surface area contributed by atoms with Gasteiger partial charge in [0, 0.05) is 26.6 Å². The highest BCUT2D eigenvalue weighted by Crippen LogP contribution is 2.39. The lowest BCUT2D eigenvalue weighted by molar-refractivity contribution is -0.132. The van der Waals surface area contributed by atoms with Crippen molar-refractivity contribution in [2.75, 3.05) is 27.8 Å². The third-order valence-corrected chi connectivity index (χ3v) is 3.37. The van der Waals surface area contributed by atoms with Crippen molar-refractivity contribution in [1.82, 2.24) is 4.90 Å². The van der Waals surface area contributed by atoms with Gasteiger partial charge in [0.25, 0.3) is 0 Å². The normalized spacial score (nSPS) is 10.5. The molecule has 0 spiro atoms. The second-order valence-electron chi connectivity index (χ2n) is 5.29. The summed E-state index contributed by atoms with van der Waals surface area (Å²) in [5, 5.41) is 0. The zero-order chi connectivity index (χ0) is 18.1. The van der Waals surface area contributed by atoms with Gasteiger partial charge in [-0.05, 0) is 30.2 Å². The standard InChI is InChI=1S/C18H25NO5/c1-6-7-10-19(3)17(21)9-8-14-11-15(22-4)18(24-13(2)20)16(12-14)23-5/h8-9,11-12H,6-7,10H2,1-5H3/b9-8+. The molecule has 6 heteroatoms. The van der Waals surface area contributed by atoms with Gasteiger partial charge in [0.1, 0.15) is 0 Å². The molecule has 0 bridgehead atoms. The van der Waals surface area contributed by atoms with E-state index in [0.29, 0.717) is 17.1 Å². The van der Waals surface area contributed by atoms with Crippen molar-refractivity contribution in [1.29, 1.82) is 0 Å². The summed E-state index contributed by atoms with van der Waals surface area (Å²) in [6.07, 6.45) is 5.17. The lowest BCUT2D eigenvalue weighted by Gasteiger charge is -2.15. The van der Waals surface area contributed by atoms with Gasteiger partial charge in [-0.3, -0.25) is 9.59 Å². The van der Waals surface area contributed by atoms with Crippen LogP contribution < -0.4 is 14.2 Å². The maximum atomic E-state index is 12.1. The predicted molar refractivity (Wildman–Crippen MR) is 92.4 cm³/mol. The second kappa shape index (κ2) is 9.60. The molecule has 1 amide bonds. The van der Waals surface area contributed by atoms with Crippen LogP contribution in [0.5, 0.6) is 17.2 Å². The van der Waals surface area contributed by atoms with E-state index in [1.54, 1.807) is 30.2 Å². The van der Waals surface area contributed by atoms with E-state index in [2.05, 4.69) is 6.92 Å². The molecule has 0 fully saturated rings. The van der Waals surface area contributed by atoms with E-state index in [-0.39, 0.29) is 11.7 Å². The Bertz CT molecular complexity index is 584. The summed E-state index contributed by atoms with van der Waals surface area (Å²) >= 11 is 0. The first kappa shape index (κ1) is 19.5. The molecule has 0 atom stereocenters. The molecule has 1 aromatic rings. The molecule has 0 aliphatic heterocycles. The fraction of sp³-hybridized carbons (Fsp3) is 0.444. The fourth-order valence-corrected chi connectivity index (χ4v) is 2.04. The van der Waals surface area contributed by atoms with Crippen LogP contribution in [0.4, 0.5) is 0 Å². The largest absolute Gasteiger partial charge is 0.493 e. The number of benzene rings is 1. The molecule has 0 aromatic heterocycles. The van der Waals surface area contributed by atoms with Crippen molar-refractivity contribution in [3.8, 4) is 17.2 Å². The number of hydrogen-bond donors (Lipinski definition) is 0. The van der Waals surface area contributed by atoms with E-state index in [4.69, 9.17) is 14.2 Å². The smallest absolute Gasteiger partial charge is 0.308 e. The van der Waals surface area contributed by atoms with E-state index >= 15 is 0 Å². The third-order valence-electron chi connectivity index (χ3n) is 3.37. The first-order valence-electron chi connectivity index (χ1n) is 7.80. The van der Waals surface area contributed by atoms with Gasteiger partial charge in [0.15, 0.2) is 11.5 Å². The number of carbonyl (C=O) groups excluding carboxylic acids is 2. The molecule has 0 aliphatic rings. The number of hydrogen-bond acceptors (Lipinski definition) is 5. The molecule has 0 saturated heterocycles. The average molecular weight is 335 g/mol. The maximum absolute atomic E-state index is 12.1. The lowest BCUT2D eigenvalue weighted by atomic mass is 10.1. The number of unbranched alkanes of at least 4 members (excludes halogenated alkanes) is 1. The summed E-state index contributed by atoms with van der Waals surface area (Å²) in [5.41, 5.74) is 0.705.